The first-order valence-corrected chi connectivity index (χ1v) is 11.1. The highest BCUT2D eigenvalue weighted by Gasteiger charge is 2.46. The highest BCUT2D eigenvalue weighted by Crippen LogP contribution is 2.40. The number of ketones is 1. The third-order valence-electron chi connectivity index (χ3n) is 6.14. The minimum absolute atomic E-state index is 0.00837. The van der Waals surface area contributed by atoms with E-state index in [4.69, 9.17) is 9.47 Å². The summed E-state index contributed by atoms with van der Waals surface area (Å²) in [5.74, 6) is -3.72. The monoisotopic (exact) mass is 472 g/mol. The minimum Gasteiger partial charge on any atom is -0.507 e. The maximum atomic E-state index is 14.8. The van der Waals surface area contributed by atoms with Gasteiger partial charge in [-0.15, -0.1) is 0 Å². The van der Waals surface area contributed by atoms with Gasteiger partial charge in [0.15, 0.2) is 11.6 Å². The Morgan fingerprint density at radius 1 is 1.09 bits per heavy atom. The molecular weight excluding hydrogens is 446 g/mol. The van der Waals surface area contributed by atoms with Crippen molar-refractivity contribution in [1.82, 2.24) is 9.80 Å². The van der Waals surface area contributed by atoms with E-state index in [1.807, 2.05) is 0 Å². The second-order valence-corrected chi connectivity index (χ2v) is 8.17. The van der Waals surface area contributed by atoms with Gasteiger partial charge in [0.2, 0.25) is 0 Å². The lowest BCUT2D eigenvalue weighted by Gasteiger charge is -2.29. The molecule has 9 heteroatoms. The number of hydrogen-bond acceptors (Lipinski definition) is 6. The molecule has 2 fully saturated rings. The summed E-state index contributed by atoms with van der Waals surface area (Å²) in [6.07, 6.45) is 0.551. The molecule has 2 aliphatic heterocycles. The van der Waals surface area contributed by atoms with Crippen LogP contribution in [0.15, 0.2) is 48.0 Å². The number of morpholine rings is 1. The molecule has 1 atom stereocenters. The van der Waals surface area contributed by atoms with Gasteiger partial charge < -0.3 is 19.5 Å². The molecule has 0 aromatic heterocycles. The van der Waals surface area contributed by atoms with Crippen LogP contribution in [0.2, 0.25) is 0 Å². The van der Waals surface area contributed by atoms with Crippen molar-refractivity contribution in [3.63, 3.8) is 0 Å². The number of methoxy groups -OCH3 is 1. The first-order valence-electron chi connectivity index (χ1n) is 11.1. The highest BCUT2D eigenvalue weighted by atomic mass is 19.1. The first-order chi connectivity index (χ1) is 16.4. The van der Waals surface area contributed by atoms with Crippen molar-refractivity contribution in [2.24, 2.45) is 0 Å². The summed E-state index contributed by atoms with van der Waals surface area (Å²) in [4.78, 5) is 29.5. The molecule has 180 valence electrons. The van der Waals surface area contributed by atoms with Crippen molar-refractivity contribution >= 4 is 17.4 Å². The molecule has 0 aliphatic carbocycles. The Morgan fingerprint density at radius 2 is 1.82 bits per heavy atom. The summed E-state index contributed by atoms with van der Waals surface area (Å²) in [6.45, 7) is 3.70. The van der Waals surface area contributed by atoms with Crippen LogP contribution in [0.1, 0.15) is 23.6 Å². The summed E-state index contributed by atoms with van der Waals surface area (Å²) >= 11 is 0. The average Bonchev–Trinajstić information content (AvgIpc) is 3.09. The van der Waals surface area contributed by atoms with Crippen molar-refractivity contribution < 1.29 is 33.0 Å². The average molecular weight is 472 g/mol. The molecule has 1 N–H and O–H groups in total. The topological polar surface area (TPSA) is 79.3 Å². The Labute approximate surface area is 196 Å². The Bertz CT molecular complexity index is 1110. The zero-order valence-electron chi connectivity index (χ0n) is 18.8. The smallest absolute Gasteiger partial charge is 0.295 e. The van der Waals surface area contributed by atoms with E-state index >= 15 is 0 Å². The Balaban J connectivity index is 1.70. The quantitative estimate of drug-likeness (QED) is 0.379. The van der Waals surface area contributed by atoms with Gasteiger partial charge in [-0.25, -0.2) is 8.78 Å². The number of hydrogen-bond donors (Lipinski definition) is 1. The van der Waals surface area contributed by atoms with Gasteiger partial charge in [0, 0.05) is 37.3 Å². The number of likely N-dealkylation sites (tertiary alicyclic amines) is 1. The lowest BCUT2D eigenvalue weighted by molar-refractivity contribution is -0.140. The van der Waals surface area contributed by atoms with Gasteiger partial charge in [-0.1, -0.05) is 18.2 Å². The maximum absolute atomic E-state index is 14.8. The second-order valence-electron chi connectivity index (χ2n) is 8.17. The largest absolute Gasteiger partial charge is 0.507 e. The standard InChI is InChI=1S/C25H26F2N2O5/c1-33-20-8-7-16(15-19(20)27)23(30)21-22(17-5-2-3-6-18(17)26)29(25(32)24(21)31)10-4-9-28-11-13-34-14-12-28/h2-3,5-8,15,22,30H,4,9-14H2,1H3/t22-/m1/s1. The van der Waals surface area contributed by atoms with Crippen molar-refractivity contribution in [1.29, 1.82) is 0 Å². The second kappa shape index (κ2) is 10.3. The molecule has 2 saturated heterocycles. The number of amides is 1. The van der Waals surface area contributed by atoms with Gasteiger partial charge in [0.25, 0.3) is 11.7 Å². The summed E-state index contributed by atoms with van der Waals surface area (Å²) < 4.78 is 39.4. The molecule has 2 aromatic rings. The van der Waals surface area contributed by atoms with Crippen molar-refractivity contribution in [2.75, 3.05) is 46.5 Å². The number of nitrogens with zero attached hydrogens (tertiary/aromatic N) is 2. The Kier molecular flexibility index (Phi) is 7.23. The van der Waals surface area contributed by atoms with E-state index in [0.29, 0.717) is 26.2 Å². The van der Waals surface area contributed by atoms with Crippen molar-refractivity contribution in [2.45, 2.75) is 12.5 Å². The van der Waals surface area contributed by atoms with Crippen LogP contribution >= 0.6 is 0 Å². The van der Waals surface area contributed by atoms with Crippen LogP contribution in [0.5, 0.6) is 5.75 Å². The molecule has 1 amide bonds. The van der Waals surface area contributed by atoms with E-state index in [1.54, 1.807) is 6.07 Å². The third-order valence-corrected chi connectivity index (χ3v) is 6.14. The van der Waals surface area contributed by atoms with Gasteiger partial charge >= 0.3 is 0 Å². The normalized spacial score (nSPS) is 20.7. The molecule has 0 spiro atoms. The van der Waals surface area contributed by atoms with Gasteiger partial charge in [0.05, 0.1) is 31.9 Å². The lowest BCUT2D eigenvalue weighted by Crippen LogP contribution is -2.39. The number of benzene rings is 2. The molecule has 0 radical (unpaired) electrons. The molecular formula is C25H26F2N2O5. The molecule has 0 bridgehead atoms. The van der Waals surface area contributed by atoms with Crippen LogP contribution in [0, 0.1) is 11.6 Å². The minimum atomic E-state index is -1.13. The molecule has 0 unspecified atom stereocenters. The SMILES string of the molecule is COc1ccc(C(O)=C2C(=O)C(=O)N(CCCN3CCOCC3)[C@@H]2c2ccccc2F)cc1F. The maximum Gasteiger partial charge on any atom is 0.295 e. The van der Waals surface area contributed by atoms with E-state index in [-0.39, 0.29) is 29.0 Å². The first kappa shape index (κ1) is 23.8. The predicted molar refractivity (Wildman–Crippen MR) is 120 cm³/mol. The fourth-order valence-corrected chi connectivity index (χ4v) is 4.39. The van der Waals surface area contributed by atoms with Crippen LogP contribution in [-0.2, 0) is 14.3 Å². The van der Waals surface area contributed by atoms with E-state index in [1.165, 1.54) is 42.3 Å². The molecule has 4 rings (SSSR count). The van der Waals surface area contributed by atoms with E-state index in [0.717, 1.165) is 19.2 Å². The van der Waals surface area contributed by atoms with E-state index in [2.05, 4.69) is 4.90 Å². The summed E-state index contributed by atoms with van der Waals surface area (Å²) in [7, 11) is 1.30. The van der Waals surface area contributed by atoms with Crippen molar-refractivity contribution in [3.05, 3.63) is 70.8 Å². The number of rotatable bonds is 7. The number of ether oxygens (including phenoxy) is 2. The number of carbonyl (C=O) groups is 2. The van der Waals surface area contributed by atoms with E-state index < -0.39 is 35.1 Å². The molecule has 2 heterocycles. The van der Waals surface area contributed by atoms with Crippen LogP contribution < -0.4 is 4.74 Å². The molecule has 0 saturated carbocycles. The highest BCUT2D eigenvalue weighted by molar-refractivity contribution is 6.46. The van der Waals surface area contributed by atoms with Gasteiger partial charge in [0.1, 0.15) is 11.6 Å². The molecule has 34 heavy (non-hydrogen) atoms. The van der Waals surface area contributed by atoms with Gasteiger partial charge in [-0.05, 0) is 30.7 Å². The Hall–Kier alpha value is -3.30. The number of aliphatic hydroxyl groups excluding tert-OH is 1. The number of aliphatic hydroxyl groups is 1. The zero-order chi connectivity index (χ0) is 24.2. The number of halogens is 2. The molecule has 2 aliphatic rings. The van der Waals surface area contributed by atoms with Crippen LogP contribution in [-0.4, -0.2) is 73.1 Å². The predicted octanol–water partition coefficient (Wildman–Crippen LogP) is 3.12. The summed E-state index contributed by atoms with van der Waals surface area (Å²) in [5.41, 5.74) is -0.194. The molecule has 7 nitrogen and oxygen atoms in total. The summed E-state index contributed by atoms with van der Waals surface area (Å²) in [5, 5.41) is 11.0. The number of Topliss-reactive ketones (excluding diaryl/α,β-unsaturated/α-hetero) is 1. The molecule has 2 aromatic carbocycles. The van der Waals surface area contributed by atoms with Gasteiger partial charge in [-0.3, -0.25) is 14.5 Å². The Morgan fingerprint density at radius 3 is 2.50 bits per heavy atom. The van der Waals surface area contributed by atoms with Crippen LogP contribution in [0.25, 0.3) is 5.76 Å². The zero-order valence-corrected chi connectivity index (χ0v) is 18.8. The lowest BCUT2D eigenvalue weighted by atomic mass is 9.94. The van der Waals surface area contributed by atoms with Crippen molar-refractivity contribution in [3.8, 4) is 5.75 Å². The number of carbonyl (C=O) groups excluding carboxylic acids is 2. The fourth-order valence-electron chi connectivity index (χ4n) is 4.39. The third kappa shape index (κ3) is 4.67. The van der Waals surface area contributed by atoms with Gasteiger partial charge in [-0.2, -0.15) is 0 Å². The van der Waals surface area contributed by atoms with E-state index in [9.17, 15) is 23.5 Å². The van der Waals surface area contributed by atoms with Crippen LogP contribution in [0.4, 0.5) is 8.78 Å². The summed E-state index contributed by atoms with van der Waals surface area (Å²) in [6, 6.07) is 8.37. The van der Waals surface area contributed by atoms with Crippen LogP contribution in [0.3, 0.4) is 0 Å². The fraction of sp³-hybridized carbons (Fsp3) is 0.360.